The van der Waals surface area contributed by atoms with Crippen molar-refractivity contribution in [1.29, 1.82) is 0 Å². The van der Waals surface area contributed by atoms with Gasteiger partial charge in [-0.05, 0) is 6.42 Å². The van der Waals surface area contributed by atoms with E-state index < -0.39 is 8.07 Å². The minimum absolute atomic E-state index is 0.0721. The molecule has 3 heteroatoms. The van der Waals surface area contributed by atoms with Crippen LogP contribution in [0.4, 0.5) is 0 Å². The molecule has 15 heavy (non-hydrogen) atoms. The number of hydrogen-bond acceptors (Lipinski definition) is 2. The lowest BCUT2D eigenvalue weighted by molar-refractivity contribution is -0.140. The van der Waals surface area contributed by atoms with Crippen LogP contribution in [0.15, 0.2) is 0 Å². The number of carbonyl (C=O) groups excluding carboxylic acids is 1. The first-order valence-electron chi connectivity index (χ1n) is 6.02. The average Bonchev–Trinajstić information content (AvgIpc) is 2.14. The molecule has 0 aliphatic rings. The lowest BCUT2D eigenvalue weighted by Gasteiger charge is -2.14. The van der Waals surface area contributed by atoms with Gasteiger partial charge < -0.3 is 4.74 Å². The Morgan fingerprint density at radius 1 is 1.00 bits per heavy atom. The highest BCUT2D eigenvalue weighted by Crippen LogP contribution is 2.15. The zero-order valence-electron chi connectivity index (χ0n) is 10.8. The van der Waals surface area contributed by atoms with E-state index in [1.807, 2.05) is 0 Å². The predicted molar refractivity (Wildman–Crippen MR) is 67.9 cm³/mol. The van der Waals surface area contributed by atoms with Crippen molar-refractivity contribution < 1.29 is 9.53 Å². The van der Waals surface area contributed by atoms with Gasteiger partial charge in [-0.1, -0.05) is 51.4 Å². The molecule has 0 saturated carbocycles. The maximum atomic E-state index is 10.8. The molecule has 0 rings (SSSR count). The Morgan fingerprint density at radius 3 is 2.07 bits per heavy atom. The Bertz CT molecular complexity index is 173. The van der Waals surface area contributed by atoms with Crippen molar-refractivity contribution >= 4 is 14.0 Å². The van der Waals surface area contributed by atoms with Crippen LogP contribution in [0.5, 0.6) is 0 Å². The fraction of sp³-hybridized carbons (Fsp3) is 0.917. The molecule has 0 fully saturated rings. The topological polar surface area (TPSA) is 26.3 Å². The van der Waals surface area contributed by atoms with Gasteiger partial charge in [0.25, 0.3) is 0 Å². The van der Waals surface area contributed by atoms with Gasteiger partial charge in [-0.25, -0.2) is 0 Å². The number of carbonyl (C=O) groups is 1. The highest BCUT2D eigenvalue weighted by Gasteiger charge is 2.11. The number of unbranched alkanes of at least 4 members (excludes halogenated alkanes) is 4. The van der Waals surface area contributed by atoms with E-state index in [0.29, 0.717) is 6.42 Å². The zero-order chi connectivity index (χ0) is 11.7. The van der Waals surface area contributed by atoms with E-state index in [1.165, 1.54) is 38.8 Å². The summed E-state index contributed by atoms with van der Waals surface area (Å²) in [5, 5.41) is 0. The Hall–Kier alpha value is -0.313. The third-order valence-corrected chi connectivity index (χ3v) is 4.39. The smallest absolute Gasteiger partial charge is 0.305 e. The van der Waals surface area contributed by atoms with Crippen molar-refractivity contribution in [1.82, 2.24) is 0 Å². The van der Waals surface area contributed by atoms with Crippen molar-refractivity contribution in [3.8, 4) is 0 Å². The molecular formula is C12H26O2Si. The Kier molecular flexibility index (Phi) is 7.75. The molecular weight excluding hydrogens is 204 g/mol. The third-order valence-electron chi connectivity index (χ3n) is 2.54. The molecule has 0 heterocycles. The molecule has 0 unspecified atom stereocenters. The fourth-order valence-corrected chi connectivity index (χ4v) is 2.87. The van der Waals surface area contributed by atoms with Crippen LogP contribution >= 0.6 is 0 Å². The normalized spacial score (nSPS) is 11.5. The van der Waals surface area contributed by atoms with Crippen molar-refractivity contribution in [2.75, 3.05) is 7.11 Å². The number of esters is 1. The predicted octanol–water partition coefficient (Wildman–Crippen LogP) is 3.84. The van der Waals surface area contributed by atoms with Crippen LogP contribution in [0.3, 0.4) is 0 Å². The van der Waals surface area contributed by atoms with Crippen LogP contribution in [0.25, 0.3) is 0 Å². The first-order valence-corrected chi connectivity index (χ1v) is 9.73. The SMILES string of the molecule is COC(=O)CCCCCCC[Si](C)(C)C. The van der Waals surface area contributed by atoms with E-state index in [-0.39, 0.29) is 5.97 Å². The van der Waals surface area contributed by atoms with Gasteiger partial charge in [-0.15, -0.1) is 0 Å². The molecule has 0 bridgehead atoms. The Morgan fingerprint density at radius 2 is 1.53 bits per heavy atom. The van der Waals surface area contributed by atoms with Crippen LogP contribution in [0.1, 0.15) is 38.5 Å². The average molecular weight is 230 g/mol. The van der Waals surface area contributed by atoms with Crippen LogP contribution in [0, 0.1) is 0 Å². The lowest BCUT2D eigenvalue weighted by Crippen LogP contribution is -2.18. The van der Waals surface area contributed by atoms with E-state index in [2.05, 4.69) is 24.4 Å². The molecule has 0 atom stereocenters. The molecule has 0 aliphatic carbocycles. The largest absolute Gasteiger partial charge is 0.469 e. The molecule has 90 valence electrons. The van der Waals surface area contributed by atoms with Crippen LogP contribution in [-0.4, -0.2) is 21.2 Å². The summed E-state index contributed by atoms with van der Waals surface area (Å²) in [5.41, 5.74) is 0. The molecule has 0 aliphatic heterocycles. The summed E-state index contributed by atoms with van der Waals surface area (Å²) < 4.78 is 4.59. The number of methoxy groups -OCH3 is 1. The third kappa shape index (κ3) is 11.6. The van der Waals surface area contributed by atoms with Crippen molar-refractivity contribution in [2.45, 2.75) is 64.2 Å². The van der Waals surface area contributed by atoms with Gasteiger partial charge >= 0.3 is 5.97 Å². The zero-order valence-corrected chi connectivity index (χ0v) is 11.8. The van der Waals surface area contributed by atoms with Crippen molar-refractivity contribution in [3.63, 3.8) is 0 Å². The van der Waals surface area contributed by atoms with E-state index in [0.717, 1.165) is 6.42 Å². The van der Waals surface area contributed by atoms with Crippen molar-refractivity contribution in [3.05, 3.63) is 0 Å². The highest BCUT2D eigenvalue weighted by molar-refractivity contribution is 6.76. The van der Waals surface area contributed by atoms with Crippen LogP contribution in [-0.2, 0) is 9.53 Å². The van der Waals surface area contributed by atoms with Crippen LogP contribution in [0.2, 0.25) is 25.7 Å². The van der Waals surface area contributed by atoms with Gasteiger partial charge in [-0.2, -0.15) is 0 Å². The van der Waals surface area contributed by atoms with Gasteiger partial charge in [0, 0.05) is 14.5 Å². The minimum atomic E-state index is -0.823. The first-order chi connectivity index (χ1) is 6.95. The number of hydrogen-bond donors (Lipinski definition) is 0. The molecule has 0 aromatic heterocycles. The maximum absolute atomic E-state index is 10.8. The molecule has 0 aromatic carbocycles. The summed E-state index contributed by atoms with van der Waals surface area (Å²) in [7, 11) is 0.631. The standard InChI is InChI=1S/C12H26O2Si/c1-14-12(13)10-8-6-5-7-9-11-15(2,3)4/h5-11H2,1-4H3. The molecule has 2 nitrogen and oxygen atoms in total. The summed E-state index contributed by atoms with van der Waals surface area (Å²) >= 11 is 0. The number of rotatable bonds is 8. The van der Waals surface area contributed by atoms with Gasteiger partial charge in [0.2, 0.25) is 0 Å². The molecule has 0 aromatic rings. The summed E-state index contributed by atoms with van der Waals surface area (Å²) in [5.74, 6) is -0.0721. The van der Waals surface area contributed by atoms with E-state index in [4.69, 9.17) is 0 Å². The van der Waals surface area contributed by atoms with Gasteiger partial charge in [0.05, 0.1) is 7.11 Å². The molecule has 0 N–H and O–H groups in total. The second-order valence-corrected chi connectivity index (χ2v) is 11.0. The molecule has 0 spiro atoms. The number of ether oxygens (including phenoxy) is 1. The highest BCUT2D eigenvalue weighted by atomic mass is 28.3. The fourth-order valence-electron chi connectivity index (χ4n) is 1.56. The first kappa shape index (κ1) is 14.7. The lowest BCUT2D eigenvalue weighted by atomic mass is 10.1. The second kappa shape index (κ2) is 7.91. The minimum Gasteiger partial charge on any atom is -0.469 e. The Balaban J connectivity index is 3.16. The van der Waals surface area contributed by atoms with Crippen LogP contribution < -0.4 is 0 Å². The van der Waals surface area contributed by atoms with Gasteiger partial charge in [0.15, 0.2) is 0 Å². The Labute approximate surface area is 95.4 Å². The quantitative estimate of drug-likeness (QED) is 0.360. The van der Waals surface area contributed by atoms with E-state index in [9.17, 15) is 4.79 Å². The summed E-state index contributed by atoms with van der Waals surface area (Å²) in [6.45, 7) is 7.26. The van der Waals surface area contributed by atoms with E-state index >= 15 is 0 Å². The van der Waals surface area contributed by atoms with E-state index in [1.54, 1.807) is 0 Å². The second-order valence-electron chi connectivity index (χ2n) is 5.40. The maximum Gasteiger partial charge on any atom is 0.305 e. The van der Waals surface area contributed by atoms with Crippen molar-refractivity contribution in [2.24, 2.45) is 0 Å². The summed E-state index contributed by atoms with van der Waals surface area (Å²) in [6.07, 6.45) is 6.70. The summed E-state index contributed by atoms with van der Waals surface area (Å²) in [6, 6.07) is 1.43. The molecule has 0 saturated heterocycles. The van der Waals surface area contributed by atoms with Gasteiger partial charge in [0.1, 0.15) is 0 Å². The summed E-state index contributed by atoms with van der Waals surface area (Å²) in [4.78, 5) is 10.8. The monoisotopic (exact) mass is 230 g/mol. The molecule has 0 amide bonds. The molecule has 0 radical (unpaired) electrons. The van der Waals surface area contributed by atoms with Gasteiger partial charge in [-0.3, -0.25) is 4.79 Å².